The lowest BCUT2D eigenvalue weighted by molar-refractivity contribution is 0.416. The number of allylic oxidation sites excluding steroid dienone is 1. The molecule has 1 aliphatic rings. The first-order valence-electron chi connectivity index (χ1n) is 8.60. The molecule has 3 heteroatoms. The van der Waals surface area contributed by atoms with Crippen LogP contribution in [0, 0.1) is 6.92 Å². The highest BCUT2D eigenvalue weighted by Crippen LogP contribution is 2.28. The molecule has 1 atom stereocenters. The smallest absolute Gasteiger partial charge is 0.0539 e. The lowest BCUT2D eigenvalue weighted by Crippen LogP contribution is -2.38. The molecule has 1 unspecified atom stereocenters. The van der Waals surface area contributed by atoms with Gasteiger partial charge in [0.2, 0.25) is 0 Å². The zero-order valence-electron chi connectivity index (χ0n) is 14.8. The Morgan fingerprint density at radius 2 is 1.79 bits per heavy atom. The van der Waals surface area contributed by atoms with Crippen LogP contribution in [0.5, 0.6) is 0 Å². The van der Waals surface area contributed by atoms with Crippen molar-refractivity contribution >= 4 is 5.69 Å². The predicted molar refractivity (Wildman–Crippen MR) is 102 cm³/mol. The summed E-state index contributed by atoms with van der Waals surface area (Å²) in [5.74, 6) is 0. The van der Waals surface area contributed by atoms with E-state index in [1.165, 1.54) is 22.4 Å². The number of hydrazine groups is 1. The average molecular weight is 321 g/mol. The fourth-order valence-electron chi connectivity index (χ4n) is 3.24. The van der Waals surface area contributed by atoms with E-state index < -0.39 is 0 Å². The summed E-state index contributed by atoms with van der Waals surface area (Å²) in [6.45, 7) is 7.50. The molecule has 0 aliphatic carbocycles. The summed E-state index contributed by atoms with van der Waals surface area (Å²) < 4.78 is 0. The van der Waals surface area contributed by atoms with Gasteiger partial charge in [-0.2, -0.15) is 0 Å². The van der Waals surface area contributed by atoms with Crippen LogP contribution in [0.2, 0.25) is 0 Å². The zero-order valence-corrected chi connectivity index (χ0v) is 14.8. The molecule has 0 bridgehead atoms. The van der Waals surface area contributed by atoms with E-state index in [2.05, 4.69) is 91.5 Å². The summed E-state index contributed by atoms with van der Waals surface area (Å²) in [5.41, 5.74) is 13.2. The third-order valence-corrected chi connectivity index (χ3v) is 4.75. The molecule has 1 aliphatic heterocycles. The van der Waals surface area contributed by atoms with Gasteiger partial charge in [0.15, 0.2) is 0 Å². The molecule has 3 rings (SSSR count). The normalized spacial score (nSPS) is 22.3. The maximum Gasteiger partial charge on any atom is 0.0539 e. The van der Waals surface area contributed by atoms with Crippen molar-refractivity contribution in [1.29, 1.82) is 0 Å². The van der Waals surface area contributed by atoms with Crippen molar-refractivity contribution in [3.63, 3.8) is 0 Å². The van der Waals surface area contributed by atoms with Crippen LogP contribution < -0.4 is 16.2 Å². The Labute approximate surface area is 145 Å². The summed E-state index contributed by atoms with van der Waals surface area (Å²) in [6, 6.07) is 19.1. The molecule has 24 heavy (non-hydrogen) atoms. The van der Waals surface area contributed by atoms with Crippen LogP contribution in [0.15, 0.2) is 65.9 Å². The Morgan fingerprint density at radius 1 is 1.08 bits per heavy atom. The minimum absolute atomic E-state index is 0.128. The number of hydrogen-bond acceptors (Lipinski definition) is 3. The minimum Gasteiger partial charge on any atom is -0.307 e. The maximum absolute atomic E-state index is 3.69. The van der Waals surface area contributed by atoms with Gasteiger partial charge >= 0.3 is 0 Å². The third-order valence-electron chi connectivity index (χ3n) is 4.75. The van der Waals surface area contributed by atoms with Crippen LogP contribution in [0.4, 0.5) is 5.69 Å². The highest BCUT2D eigenvalue weighted by Gasteiger charge is 2.32. The average Bonchev–Trinajstić information content (AvgIpc) is 2.97. The monoisotopic (exact) mass is 321 g/mol. The number of aryl methyl sites for hydroxylation is 1. The van der Waals surface area contributed by atoms with Crippen molar-refractivity contribution in [3.8, 4) is 0 Å². The fraction of sp³-hybridized carbons (Fsp3) is 0.333. The second kappa shape index (κ2) is 7.10. The Balaban J connectivity index is 1.60. The van der Waals surface area contributed by atoms with Gasteiger partial charge < -0.3 is 16.2 Å². The third kappa shape index (κ3) is 4.18. The van der Waals surface area contributed by atoms with Gasteiger partial charge in [-0.1, -0.05) is 48.0 Å². The number of anilines is 1. The second-order valence-electron chi connectivity index (χ2n) is 7.10. The molecule has 0 radical (unpaired) electrons. The SMILES string of the molecule is CC(NNc1ccc(C)cc1)=C1CNC(C)(Cc2ccccc2)C1. The van der Waals surface area contributed by atoms with Crippen LogP contribution in [0.3, 0.4) is 0 Å². The maximum atomic E-state index is 3.69. The van der Waals surface area contributed by atoms with E-state index in [0.717, 1.165) is 25.1 Å². The van der Waals surface area contributed by atoms with Crippen LogP contribution in [-0.4, -0.2) is 12.1 Å². The molecule has 2 aromatic carbocycles. The molecule has 126 valence electrons. The summed E-state index contributed by atoms with van der Waals surface area (Å²) in [4.78, 5) is 0. The van der Waals surface area contributed by atoms with Crippen LogP contribution >= 0.6 is 0 Å². The summed E-state index contributed by atoms with van der Waals surface area (Å²) in [5, 5.41) is 3.69. The van der Waals surface area contributed by atoms with Gasteiger partial charge in [-0.15, -0.1) is 0 Å². The first-order chi connectivity index (χ1) is 11.5. The van der Waals surface area contributed by atoms with E-state index >= 15 is 0 Å². The fourth-order valence-corrected chi connectivity index (χ4v) is 3.24. The topological polar surface area (TPSA) is 36.1 Å². The van der Waals surface area contributed by atoms with Crippen LogP contribution in [-0.2, 0) is 6.42 Å². The molecule has 0 amide bonds. The highest BCUT2D eigenvalue weighted by atomic mass is 15.4. The van der Waals surface area contributed by atoms with Gasteiger partial charge in [0, 0.05) is 17.8 Å². The van der Waals surface area contributed by atoms with E-state index in [1.54, 1.807) is 0 Å². The molecule has 0 aromatic heterocycles. The number of hydrogen-bond donors (Lipinski definition) is 3. The summed E-state index contributed by atoms with van der Waals surface area (Å²) in [6.07, 6.45) is 2.12. The molecular formula is C21H27N3. The van der Waals surface area contributed by atoms with E-state index in [0.29, 0.717) is 0 Å². The zero-order chi connectivity index (χ0) is 17.0. The number of rotatable bonds is 5. The molecular weight excluding hydrogens is 294 g/mol. The minimum atomic E-state index is 0.128. The molecule has 1 heterocycles. The molecule has 3 nitrogen and oxygen atoms in total. The van der Waals surface area contributed by atoms with E-state index in [4.69, 9.17) is 0 Å². The van der Waals surface area contributed by atoms with Crippen molar-refractivity contribution < 1.29 is 0 Å². The van der Waals surface area contributed by atoms with E-state index in [1.807, 2.05) is 0 Å². The van der Waals surface area contributed by atoms with Gasteiger partial charge in [-0.05, 0) is 56.9 Å². The second-order valence-corrected chi connectivity index (χ2v) is 7.10. The van der Waals surface area contributed by atoms with Crippen molar-refractivity contribution in [3.05, 3.63) is 77.0 Å². The van der Waals surface area contributed by atoms with Gasteiger partial charge in [0.1, 0.15) is 0 Å². The highest BCUT2D eigenvalue weighted by molar-refractivity contribution is 5.44. The van der Waals surface area contributed by atoms with Crippen LogP contribution in [0.1, 0.15) is 31.4 Å². The Morgan fingerprint density at radius 3 is 2.50 bits per heavy atom. The van der Waals surface area contributed by atoms with Gasteiger partial charge in [-0.25, -0.2) is 0 Å². The number of nitrogens with one attached hydrogen (secondary N) is 3. The van der Waals surface area contributed by atoms with Crippen molar-refractivity contribution in [2.24, 2.45) is 0 Å². The molecule has 1 fully saturated rings. The van der Waals surface area contributed by atoms with Gasteiger partial charge in [-0.3, -0.25) is 0 Å². The Kier molecular flexibility index (Phi) is 4.91. The van der Waals surface area contributed by atoms with Crippen molar-refractivity contribution in [2.45, 2.75) is 39.2 Å². The van der Waals surface area contributed by atoms with E-state index in [-0.39, 0.29) is 5.54 Å². The Hall–Kier alpha value is -2.26. The number of benzene rings is 2. The lowest BCUT2D eigenvalue weighted by atomic mass is 9.90. The first-order valence-corrected chi connectivity index (χ1v) is 8.60. The quantitative estimate of drug-likeness (QED) is 0.723. The molecule has 1 saturated heterocycles. The first kappa shape index (κ1) is 16.6. The van der Waals surface area contributed by atoms with Gasteiger partial charge in [0.25, 0.3) is 0 Å². The lowest BCUT2D eigenvalue weighted by Gasteiger charge is -2.24. The molecule has 0 spiro atoms. The molecule has 3 N–H and O–H groups in total. The summed E-state index contributed by atoms with van der Waals surface area (Å²) >= 11 is 0. The van der Waals surface area contributed by atoms with Crippen LogP contribution in [0.25, 0.3) is 0 Å². The van der Waals surface area contributed by atoms with Crippen molar-refractivity contribution in [1.82, 2.24) is 10.7 Å². The molecule has 0 saturated carbocycles. The Bertz CT molecular complexity index is 704. The van der Waals surface area contributed by atoms with E-state index in [9.17, 15) is 0 Å². The van der Waals surface area contributed by atoms with Gasteiger partial charge in [0.05, 0.1) is 5.69 Å². The summed E-state index contributed by atoms with van der Waals surface area (Å²) in [7, 11) is 0. The van der Waals surface area contributed by atoms with Crippen molar-refractivity contribution in [2.75, 3.05) is 12.0 Å². The largest absolute Gasteiger partial charge is 0.307 e. The molecule has 2 aromatic rings. The standard InChI is InChI=1S/C21H27N3/c1-16-9-11-20(12-10-16)24-23-17(2)19-14-21(3,22-15-19)13-18-7-5-4-6-8-18/h4-12,22-24H,13-15H2,1-3H3. The predicted octanol–water partition coefficient (Wildman–Crippen LogP) is 4.18.